The van der Waals surface area contributed by atoms with Crippen LogP contribution in [-0.4, -0.2) is 18.1 Å². The van der Waals surface area contributed by atoms with Gasteiger partial charge < -0.3 is 15.8 Å². The summed E-state index contributed by atoms with van der Waals surface area (Å²) in [6, 6.07) is 7.36. The Bertz CT molecular complexity index is 691. The normalized spacial score (nSPS) is 11.9. The first-order chi connectivity index (χ1) is 10.9. The standard InChI is InChI=1S/C14H15F3N4OS.HI/c1-22-7-9-4-2-3-5-10(9)20-13(18)19-6-12-21-11(8-23-12)14(15,16)17;/h2-5,8H,6-7H2,1H3,(H3,18,19,20);1H. The van der Waals surface area contributed by atoms with Crippen LogP contribution in [0, 0.1) is 0 Å². The van der Waals surface area contributed by atoms with Crippen LogP contribution in [-0.2, 0) is 24.1 Å². The topological polar surface area (TPSA) is 72.5 Å². The molecule has 0 amide bonds. The number of aromatic nitrogens is 1. The number of nitrogens with zero attached hydrogens (tertiary/aromatic N) is 2. The van der Waals surface area contributed by atoms with E-state index in [-0.39, 0.29) is 41.5 Å². The quantitative estimate of drug-likeness (QED) is 0.394. The lowest BCUT2D eigenvalue weighted by Crippen LogP contribution is -2.23. The molecule has 1 aromatic carbocycles. The number of anilines is 1. The van der Waals surface area contributed by atoms with Crippen molar-refractivity contribution in [2.75, 3.05) is 12.4 Å². The molecule has 0 radical (unpaired) electrons. The number of para-hydroxylation sites is 1. The molecule has 0 saturated carbocycles. The van der Waals surface area contributed by atoms with Crippen LogP contribution in [0.15, 0.2) is 34.6 Å². The zero-order valence-corrected chi connectivity index (χ0v) is 15.8. The summed E-state index contributed by atoms with van der Waals surface area (Å²) >= 11 is 0.894. The molecule has 0 saturated heterocycles. The Morgan fingerprint density at radius 3 is 2.71 bits per heavy atom. The van der Waals surface area contributed by atoms with Crippen molar-refractivity contribution in [2.45, 2.75) is 19.3 Å². The van der Waals surface area contributed by atoms with Crippen molar-refractivity contribution in [1.29, 1.82) is 0 Å². The van der Waals surface area contributed by atoms with Crippen molar-refractivity contribution < 1.29 is 17.9 Å². The highest BCUT2D eigenvalue weighted by Crippen LogP contribution is 2.30. The number of halogens is 4. The SMILES string of the molecule is COCc1ccccc1NC(N)=NCc1nc(C(F)(F)F)cs1.I. The van der Waals surface area contributed by atoms with E-state index in [1.807, 2.05) is 24.3 Å². The van der Waals surface area contributed by atoms with Crippen LogP contribution in [0.5, 0.6) is 0 Å². The van der Waals surface area contributed by atoms with Gasteiger partial charge in [-0.3, -0.25) is 0 Å². The third-order valence-corrected chi connectivity index (χ3v) is 3.64. The number of hydrogen-bond donors (Lipinski definition) is 2. The number of rotatable bonds is 5. The lowest BCUT2D eigenvalue weighted by atomic mass is 10.2. The van der Waals surface area contributed by atoms with Gasteiger partial charge in [-0.05, 0) is 6.07 Å². The maximum Gasteiger partial charge on any atom is 0.434 e. The number of hydrogen-bond acceptors (Lipinski definition) is 4. The molecule has 10 heteroatoms. The van der Waals surface area contributed by atoms with Crippen molar-refractivity contribution in [3.8, 4) is 0 Å². The Labute approximate surface area is 158 Å². The molecule has 2 aromatic rings. The number of nitrogens with one attached hydrogen (secondary N) is 1. The van der Waals surface area contributed by atoms with E-state index in [4.69, 9.17) is 10.5 Å². The fourth-order valence-electron chi connectivity index (χ4n) is 1.77. The maximum absolute atomic E-state index is 12.5. The number of ether oxygens (including phenoxy) is 1. The molecule has 1 heterocycles. The minimum atomic E-state index is -4.44. The van der Waals surface area contributed by atoms with Gasteiger partial charge in [-0.1, -0.05) is 18.2 Å². The predicted octanol–water partition coefficient (Wildman–Crippen LogP) is 3.85. The Hall–Kier alpha value is -1.40. The van der Waals surface area contributed by atoms with E-state index < -0.39 is 11.9 Å². The van der Waals surface area contributed by atoms with Crippen LogP contribution in [0.3, 0.4) is 0 Å². The minimum Gasteiger partial charge on any atom is -0.380 e. The number of nitrogens with two attached hydrogens (primary N) is 1. The van der Waals surface area contributed by atoms with Gasteiger partial charge in [-0.25, -0.2) is 9.98 Å². The van der Waals surface area contributed by atoms with Gasteiger partial charge in [-0.15, -0.1) is 35.3 Å². The molecule has 0 spiro atoms. The summed E-state index contributed by atoms with van der Waals surface area (Å²) in [6.45, 7) is 0.379. The van der Waals surface area contributed by atoms with E-state index in [1.165, 1.54) is 0 Å². The van der Waals surface area contributed by atoms with Crippen molar-refractivity contribution >= 4 is 47.0 Å². The second-order valence-electron chi connectivity index (χ2n) is 4.54. The summed E-state index contributed by atoms with van der Waals surface area (Å²) in [5.74, 6) is 0.0947. The van der Waals surface area contributed by atoms with Crippen LogP contribution in [0.25, 0.3) is 0 Å². The first-order valence-corrected chi connectivity index (χ1v) is 7.43. The first-order valence-electron chi connectivity index (χ1n) is 6.55. The molecule has 1 aromatic heterocycles. The van der Waals surface area contributed by atoms with E-state index in [2.05, 4.69) is 15.3 Å². The van der Waals surface area contributed by atoms with Crippen molar-refractivity contribution in [2.24, 2.45) is 10.7 Å². The minimum absolute atomic E-state index is 0. The van der Waals surface area contributed by atoms with Crippen LogP contribution in [0.1, 0.15) is 16.3 Å². The highest BCUT2D eigenvalue weighted by atomic mass is 127. The lowest BCUT2D eigenvalue weighted by Gasteiger charge is -2.10. The van der Waals surface area contributed by atoms with Gasteiger partial charge in [0.15, 0.2) is 11.7 Å². The molecule has 0 atom stereocenters. The van der Waals surface area contributed by atoms with E-state index in [0.29, 0.717) is 6.61 Å². The Kier molecular flexibility index (Phi) is 7.90. The Morgan fingerprint density at radius 1 is 1.38 bits per heavy atom. The van der Waals surface area contributed by atoms with E-state index in [0.717, 1.165) is 28.0 Å². The highest BCUT2D eigenvalue weighted by Gasteiger charge is 2.33. The second kappa shape index (κ2) is 9.18. The van der Waals surface area contributed by atoms with Gasteiger partial charge in [0.1, 0.15) is 5.01 Å². The van der Waals surface area contributed by atoms with Gasteiger partial charge in [-0.2, -0.15) is 13.2 Å². The number of thiazole rings is 1. The number of guanidine groups is 1. The molecular formula is C14H16F3IN4OS. The van der Waals surface area contributed by atoms with Gasteiger partial charge >= 0.3 is 6.18 Å². The lowest BCUT2D eigenvalue weighted by molar-refractivity contribution is -0.140. The van der Waals surface area contributed by atoms with Crippen molar-refractivity contribution in [1.82, 2.24) is 4.98 Å². The summed E-state index contributed by atoms with van der Waals surface area (Å²) in [4.78, 5) is 7.50. The molecule has 3 N–H and O–H groups in total. The summed E-state index contributed by atoms with van der Waals surface area (Å²) < 4.78 is 42.5. The fraction of sp³-hybridized carbons (Fsp3) is 0.286. The number of benzene rings is 1. The number of alkyl halides is 3. The van der Waals surface area contributed by atoms with Crippen LogP contribution < -0.4 is 11.1 Å². The van der Waals surface area contributed by atoms with Crippen LogP contribution in [0.2, 0.25) is 0 Å². The Morgan fingerprint density at radius 2 is 2.08 bits per heavy atom. The number of methoxy groups -OCH3 is 1. The molecule has 0 aliphatic rings. The molecule has 0 bridgehead atoms. The monoisotopic (exact) mass is 472 g/mol. The number of aliphatic imine (C=N–C) groups is 1. The molecule has 132 valence electrons. The average Bonchev–Trinajstić information content (AvgIpc) is 2.96. The summed E-state index contributed by atoms with van der Waals surface area (Å²) in [6.07, 6.45) is -4.44. The molecule has 5 nitrogen and oxygen atoms in total. The molecule has 0 aliphatic heterocycles. The third kappa shape index (κ3) is 5.91. The zero-order valence-electron chi connectivity index (χ0n) is 12.6. The largest absolute Gasteiger partial charge is 0.434 e. The average molecular weight is 472 g/mol. The van der Waals surface area contributed by atoms with Crippen molar-refractivity contribution in [3.63, 3.8) is 0 Å². The molecule has 0 aliphatic carbocycles. The van der Waals surface area contributed by atoms with Crippen LogP contribution in [0.4, 0.5) is 18.9 Å². The smallest absolute Gasteiger partial charge is 0.380 e. The highest BCUT2D eigenvalue weighted by molar-refractivity contribution is 14.0. The predicted molar refractivity (Wildman–Crippen MR) is 98.6 cm³/mol. The fourth-order valence-corrected chi connectivity index (χ4v) is 2.49. The first kappa shape index (κ1) is 20.6. The molecule has 0 fully saturated rings. The summed E-state index contributed by atoms with van der Waals surface area (Å²) in [5.41, 5.74) is 6.47. The zero-order chi connectivity index (χ0) is 16.9. The van der Waals surface area contributed by atoms with Crippen molar-refractivity contribution in [3.05, 3.63) is 45.9 Å². The molecular weight excluding hydrogens is 456 g/mol. The summed E-state index contributed by atoms with van der Waals surface area (Å²) in [7, 11) is 1.58. The van der Waals surface area contributed by atoms with Crippen LogP contribution >= 0.6 is 35.3 Å². The Balaban J connectivity index is 0.00000288. The second-order valence-corrected chi connectivity index (χ2v) is 5.48. The molecule has 24 heavy (non-hydrogen) atoms. The maximum atomic E-state index is 12.5. The molecule has 0 unspecified atom stereocenters. The van der Waals surface area contributed by atoms with Gasteiger partial charge in [0.25, 0.3) is 0 Å². The van der Waals surface area contributed by atoms with Gasteiger partial charge in [0.05, 0.1) is 13.2 Å². The molecule has 2 rings (SSSR count). The summed E-state index contributed by atoms with van der Waals surface area (Å²) in [5, 5.41) is 4.11. The van der Waals surface area contributed by atoms with E-state index in [1.54, 1.807) is 7.11 Å². The van der Waals surface area contributed by atoms with E-state index in [9.17, 15) is 13.2 Å². The van der Waals surface area contributed by atoms with E-state index >= 15 is 0 Å². The third-order valence-electron chi connectivity index (χ3n) is 2.81. The van der Waals surface area contributed by atoms with Gasteiger partial charge in [0.2, 0.25) is 0 Å². The van der Waals surface area contributed by atoms with Gasteiger partial charge in [0, 0.05) is 23.7 Å².